The zero-order valence-electron chi connectivity index (χ0n) is 8.92. The largest absolute Gasteiger partial charge is 0.467 e. The molecule has 8 nitrogen and oxygen atoms in total. The molecule has 1 fully saturated rings. The maximum atomic E-state index is 9.43. The van der Waals surface area contributed by atoms with Crippen LogP contribution >= 0.6 is 0 Å². The van der Waals surface area contributed by atoms with Gasteiger partial charge in [0.05, 0.1) is 13.2 Å². The molecule has 0 bridgehead atoms. The second-order valence-corrected chi connectivity index (χ2v) is 3.48. The van der Waals surface area contributed by atoms with E-state index in [0.29, 0.717) is 25.5 Å². The van der Waals surface area contributed by atoms with E-state index in [2.05, 4.69) is 20.4 Å². The van der Waals surface area contributed by atoms with Crippen molar-refractivity contribution in [1.82, 2.24) is 15.0 Å². The smallest absolute Gasteiger partial charge is 0.322 e. The lowest BCUT2D eigenvalue weighted by Gasteiger charge is -2.15. The monoisotopic (exact) mass is 226 g/mol. The first-order valence-corrected chi connectivity index (χ1v) is 4.92. The van der Waals surface area contributed by atoms with Gasteiger partial charge in [0, 0.05) is 13.1 Å². The number of anilines is 2. The number of aromatic nitrogens is 3. The van der Waals surface area contributed by atoms with Crippen LogP contribution in [0.25, 0.3) is 0 Å². The average Bonchev–Trinajstić information content (AvgIpc) is 2.75. The Bertz CT molecular complexity index is 351. The lowest BCUT2D eigenvalue weighted by atomic mass is 10.3. The van der Waals surface area contributed by atoms with Gasteiger partial charge in [0.25, 0.3) is 0 Å². The summed E-state index contributed by atoms with van der Waals surface area (Å²) in [6.07, 6.45) is 0.372. The zero-order valence-corrected chi connectivity index (χ0v) is 8.92. The highest BCUT2D eigenvalue weighted by Crippen LogP contribution is 2.19. The Labute approximate surface area is 92.4 Å². The van der Waals surface area contributed by atoms with Crippen molar-refractivity contribution >= 4 is 11.9 Å². The molecule has 1 saturated heterocycles. The average molecular weight is 226 g/mol. The molecule has 4 N–H and O–H groups in total. The second kappa shape index (κ2) is 4.45. The van der Waals surface area contributed by atoms with Gasteiger partial charge in [0.1, 0.15) is 0 Å². The maximum Gasteiger partial charge on any atom is 0.322 e. The Hall–Kier alpha value is -1.67. The summed E-state index contributed by atoms with van der Waals surface area (Å²) in [5, 5.41) is 9.43. The quantitative estimate of drug-likeness (QED) is 0.432. The minimum Gasteiger partial charge on any atom is -0.467 e. The number of rotatable bonds is 3. The van der Waals surface area contributed by atoms with Crippen LogP contribution in [0.4, 0.5) is 11.9 Å². The van der Waals surface area contributed by atoms with Gasteiger partial charge in [0.15, 0.2) is 0 Å². The Morgan fingerprint density at radius 2 is 2.31 bits per heavy atom. The molecule has 1 aromatic heterocycles. The first kappa shape index (κ1) is 10.8. The number of ether oxygens (including phenoxy) is 1. The van der Waals surface area contributed by atoms with Crippen molar-refractivity contribution in [3.05, 3.63) is 0 Å². The first-order chi connectivity index (χ1) is 7.72. The number of nitrogens with zero attached hydrogens (tertiary/aromatic N) is 4. The molecule has 1 aliphatic rings. The fourth-order valence-corrected chi connectivity index (χ4v) is 1.57. The van der Waals surface area contributed by atoms with E-state index in [9.17, 15) is 5.11 Å². The summed E-state index contributed by atoms with van der Waals surface area (Å²) in [7, 11) is 1.47. The summed E-state index contributed by atoms with van der Waals surface area (Å²) in [5.41, 5.74) is 2.35. The SMILES string of the molecule is COc1nc(NN)nc(N2CCC(O)C2)n1. The molecule has 1 aromatic rings. The number of hydrogen-bond donors (Lipinski definition) is 3. The van der Waals surface area contributed by atoms with E-state index in [-0.39, 0.29) is 18.1 Å². The third kappa shape index (κ3) is 2.12. The Morgan fingerprint density at radius 3 is 2.88 bits per heavy atom. The standard InChI is InChI=1S/C8H14N6O2/c1-16-8-11-6(13-9)10-7(12-8)14-3-2-5(15)4-14/h5,15H,2-4,9H2,1H3,(H,10,11,12,13). The predicted octanol–water partition coefficient (Wildman–Crippen LogP) is -1.26. The van der Waals surface area contributed by atoms with E-state index in [1.807, 2.05) is 4.90 Å². The minimum atomic E-state index is -0.336. The molecule has 1 aliphatic heterocycles. The molecule has 1 unspecified atom stereocenters. The third-order valence-corrected chi connectivity index (χ3v) is 2.36. The van der Waals surface area contributed by atoms with Crippen LogP contribution in [0.1, 0.15) is 6.42 Å². The summed E-state index contributed by atoms with van der Waals surface area (Å²) in [6, 6.07) is 0.194. The molecule has 0 aromatic carbocycles. The van der Waals surface area contributed by atoms with Crippen molar-refractivity contribution in [3.63, 3.8) is 0 Å². The van der Waals surface area contributed by atoms with Crippen molar-refractivity contribution < 1.29 is 9.84 Å². The van der Waals surface area contributed by atoms with E-state index in [1.165, 1.54) is 7.11 Å². The number of nitrogens with two attached hydrogens (primary N) is 1. The summed E-state index contributed by atoms with van der Waals surface area (Å²) in [6.45, 7) is 1.22. The van der Waals surface area contributed by atoms with Crippen LogP contribution in [-0.4, -0.2) is 46.4 Å². The van der Waals surface area contributed by atoms with E-state index in [0.717, 1.165) is 0 Å². The molecule has 0 amide bonds. The first-order valence-electron chi connectivity index (χ1n) is 4.92. The number of hydrazine groups is 1. The van der Waals surface area contributed by atoms with Gasteiger partial charge in [-0.2, -0.15) is 15.0 Å². The van der Waals surface area contributed by atoms with Gasteiger partial charge >= 0.3 is 6.01 Å². The lowest BCUT2D eigenvalue weighted by Crippen LogP contribution is -2.24. The van der Waals surface area contributed by atoms with Gasteiger partial charge in [-0.3, -0.25) is 5.43 Å². The highest BCUT2D eigenvalue weighted by molar-refractivity contribution is 5.38. The van der Waals surface area contributed by atoms with Gasteiger partial charge < -0.3 is 14.7 Å². The summed E-state index contributed by atoms with van der Waals surface area (Å²) < 4.78 is 4.94. The molecule has 0 spiro atoms. The van der Waals surface area contributed by atoms with E-state index in [4.69, 9.17) is 10.6 Å². The summed E-state index contributed by atoms with van der Waals surface area (Å²) in [4.78, 5) is 13.9. The highest BCUT2D eigenvalue weighted by atomic mass is 16.5. The van der Waals surface area contributed by atoms with Crippen molar-refractivity contribution in [2.45, 2.75) is 12.5 Å². The van der Waals surface area contributed by atoms with Crippen molar-refractivity contribution in [3.8, 4) is 6.01 Å². The minimum absolute atomic E-state index is 0.194. The molecule has 0 radical (unpaired) electrons. The summed E-state index contributed by atoms with van der Waals surface area (Å²) in [5.74, 6) is 5.94. The van der Waals surface area contributed by atoms with Crippen LogP contribution in [0, 0.1) is 0 Å². The van der Waals surface area contributed by atoms with Gasteiger partial charge in [-0.1, -0.05) is 0 Å². The van der Waals surface area contributed by atoms with Crippen LogP contribution < -0.4 is 20.9 Å². The lowest BCUT2D eigenvalue weighted by molar-refractivity contribution is 0.198. The number of nitrogens with one attached hydrogen (secondary N) is 1. The van der Waals surface area contributed by atoms with Gasteiger partial charge in [-0.05, 0) is 6.42 Å². The molecular weight excluding hydrogens is 212 g/mol. The molecule has 0 saturated carbocycles. The number of hydrogen-bond acceptors (Lipinski definition) is 8. The molecule has 1 atom stereocenters. The second-order valence-electron chi connectivity index (χ2n) is 3.48. The van der Waals surface area contributed by atoms with Crippen LogP contribution in [0.15, 0.2) is 0 Å². The molecule has 2 rings (SSSR count). The molecule has 8 heteroatoms. The van der Waals surface area contributed by atoms with Gasteiger partial charge in [0.2, 0.25) is 11.9 Å². The molecular formula is C8H14N6O2. The number of β-amino-alcohol motifs (C(OH)–C–C–N with tert-alkyl or cyclic N) is 1. The molecule has 16 heavy (non-hydrogen) atoms. The van der Waals surface area contributed by atoms with Crippen molar-refractivity contribution in [2.75, 3.05) is 30.5 Å². The van der Waals surface area contributed by atoms with Crippen LogP contribution in [0.5, 0.6) is 6.01 Å². The maximum absolute atomic E-state index is 9.43. The predicted molar refractivity (Wildman–Crippen MR) is 57.0 cm³/mol. The Morgan fingerprint density at radius 1 is 1.50 bits per heavy atom. The van der Waals surface area contributed by atoms with E-state index in [1.54, 1.807) is 0 Å². The number of aliphatic hydroxyl groups excluding tert-OH is 1. The van der Waals surface area contributed by atoms with Crippen LogP contribution in [0.2, 0.25) is 0 Å². The topological polar surface area (TPSA) is 109 Å². The van der Waals surface area contributed by atoms with E-state index < -0.39 is 0 Å². The Balaban J connectivity index is 2.25. The number of aliphatic hydroxyl groups is 1. The number of nitrogen functional groups attached to an aromatic ring is 1. The molecule has 88 valence electrons. The van der Waals surface area contributed by atoms with Crippen LogP contribution in [0.3, 0.4) is 0 Å². The van der Waals surface area contributed by atoms with Crippen molar-refractivity contribution in [2.24, 2.45) is 5.84 Å². The Kier molecular flexibility index (Phi) is 3.02. The molecule has 2 heterocycles. The van der Waals surface area contributed by atoms with Crippen LogP contribution in [-0.2, 0) is 0 Å². The molecule has 0 aliphatic carbocycles. The normalized spacial score (nSPS) is 19.9. The fraction of sp³-hybridized carbons (Fsp3) is 0.625. The third-order valence-electron chi connectivity index (χ3n) is 2.36. The summed E-state index contributed by atoms with van der Waals surface area (Å²) >= 11 is 0. The zero-order chi connectivity index (χ0) is 11.5. The van der Waals surface area contributed by atoms with Gasteiger partial charge in [-0.15, -0.1) is 0 Å². The van der Waals surface area contributed by atoms with E-state index >= 15 is 0 Å². The fourth-order valence-electron chi connectivity index (χ4n) is 1.57. The highest BCUT2D eigenvalue weighted by Gasteiger charge is 2.23. The van der Waals surface area contributed by atoms with Crippen molar-refractivity contribution in [1.29, 1.82) is 0 Å². The number of methoxy groups -OCH3 is 1. The van der Waals surface area contributed by atoms with Gasteiger partial charge in [-0.25, -0.2) is 5.84 Å².